The maximum absolute atomic E-state index is 6.20. The number of hydrogen-bond donors (Lipinski definition) is 1. The maximum atomic E-state index is 6.20. The van der Waals surface area contributed by atoms with Crippen LogP contribution in [0.2, 0.25) is 5.02 Å². The van der Waals surface area contributed by atoms with Crippen molar-refractivity contribution in [1.29, 1.82) is 0 Å². The second-order valence-corrected chi connectivity index (χ2v) is 4.07. The summed E-state index contributed by atoms with van der Waals surface area (Å²) in [6, 6.07) is 2.30. The Hall–Kier alpha value is -0.730. The lowest BCUT2D eigenvalue weighted by Gasteiger charge is -2.12. The zero-order valence-electron chi connectivity index (χ0n) is 8.65. The van der Waals surface area contributed by atoms with Gasteiger partial charge >= 0.3 is 0 Å². The molecule has 2 rings (SSSR count). The monoisotopic (exact) mass is 211 g/mol. The van der Waals surface area contributed by atoms with E-state index in [0.29, 0.717) is 6.61 Å². The fraction of sp³-hybridized carbons (Fsp3) is 0.455. The van der Waals surface area contributed by atoms with Crippen LogP contribution in [0.15, 0.2) is 6.07 Å². The fourth-order valence-electron chi connectivity index (χ4n) is 1.97. The van der Waals surface area contributed by atoms with Crippen molar-refractivity contribution in [2.75, 3.05) is 13.7 Å². The van der Waals surface area contributed by atoms with Gasteiger partial charge in [0.2, 0.25) is 0 Å². The molecule has 1 aliphatic rings. The fourth-order valence-corrected chi connectivity index (χ4v) is 2.13. The summed E-state index contributed by atoms with van der Waals surface area (Å²) in [7, 11) is 1.94. The lowest BCUT2D eigenvalue weighted by molar-refractivity contribution is 0.318. The summed E-state index contributed by atoms with van der Waals surface area (Å²) in [5.41, 5.74) is 3.43. The second kappa shape index (κ2) is 3.44. The van der Waals surface area contributed by atoms with Gasteiger partial charge in [0.15, 0.2) is 0 Å². The number of nitrogens with one attached hydrogen (secondary N) is 1. The first kappa shape index (κ1) is 9.81. The Morgan fingerprint density at radius 2 is 2.21 bits per heavy atom. The number of hydrogen-bond acceptors (Lipinski definition) is 2. The third-order valence-corrected chi connectivity index (χ3v) is 3.38. The maximum Gasteiger partial charge on any atom is 0.124 e. The first-order valence-corrected chi connectivity index (χ1v) is 5.12. The van der Waals surface area contributed by atoms with Gasteiger partial charge in [-0.25, -0.2) is 0 Å². The molecule has 0 amide bonds. The van der Waals surface area contributed by atoms with Crippen molar-refractivity contribution in [3.05, 3.63) is 27.8 Å². The molecule has 0 saturated heterocycles. The zero-order valence-corrected chi connectivity index (χ0v) is 9.40. The molecular weight excluding hydrogens is 198 g/mol. The topological polar surface area (TPSA) is 21.3 Å². The Labute approximate surface area is 89.2 Å². The highest BCUT2D eigenvalue weighted by Crippen LogP contribution is 2.39. The molecular formula is C11H14ClNO. The molecule has 1 aromatic carbocycles. The van der Waals surface area contributed by atoms with Crippen molar-refractivity contribution in [2.24, 2.45) is 0 Å². The molecule has 76 valence electrons. The molecule has 1 aromatic rings. The predicted molar refractivity (Wildman–Crippen MR) is 58.2 cm³/mol. The van der Waals surface area contributed by atoms with E-state index in [-0.39, 0.29) is 6.04 Å². The Kier molecular flexibility index (Phi) is 2.41. The van der Waals surface area contributed by atoms with Gasteiger partial charge < -0.3 is 10.1 Å². The van der Waals surface area contributed by atoms with Crippen molar-refractivity contribution in [2.45, 2.75) is 19.9 Å². The van der Waals surface area contributed by atoms with E-state index in [1.807, 2.05) is 27.0 Å². The third-order valence-electron chi connectivity index (χ3n) is 2.79. The molecule has 1 aliphatic heterocycles. The SMILES string of the molecule is CNC1COc2cc(C)c(Cl)c(C)c21. The van der Waals surface area contributed by atoms with Crippen LogP contribution in [0, 0.1) is 13.8 Å². The van der Waals surface area contributed by atoms with Gasteiger partial charge in [0.25, 0.3) is 0 Å². The number of likely N-dealkylation sites (N-methyl/N-ethyl adjacent to an activating group) is 1. The minimum Gasteiger partial charge on any atom is -0.491 e. The van der Waals surface area contributed by atoms with Crippen LogP contribution in [0.3, 0.4) is 0 Å². The zero-order chi connectivity index (χ0) is 10.3. The van der Waals surface area contributed by atoms with Crippen LogP contribution in [0.25, 0.3) is 0 Å². The summed E-state index contributed by atoms with van der Waals surface area (Å²) in [4.78, 5) is 0. The average Bonchev–Trinajstić information content (AvgIpc) is 2.57. The number of benzene rings is 1. The first-order chi connectivity index (χ1) is 6.65. The lowest BCUT2D eigenvalue weighted by atomic mass is 10.0. The smallest absolute Gasteiger partial charge is 0.124 e. The highest BCUT2D eigenvalue weighted by atomic mass is 35.5. The normalized spacial score (nSPS) is 19.3. The van der Waals surface area contributed by atoms with Gasteiger partial charge in [-0.1, -0.05) is 11.6 Å². The molecule has 0 bridgehead atoms. The number of rotatable bonds is 1. The van der Waals surface area contributed by atoms with Gasteiger partial charge in [-0.3, -0.25) is 0 Å². The Bertz CT molecular complexity index is 376. The van der Waals surface area contributed by atoms with Crippen molar-refractivity contribution in [1.82, 2.24) is 5.32 Å². The highest BCUT2D eigenvalue weighted by molar-refractivity contribution is 6.32. The van der Waals surface area contributed by atoms with Gasteiger partial charge in [0.05, 0.1) is 6.04 Å². The van der Waals surface area contributed by atoms with Gasteiger partial charge in [-0.05, 0) is 38.1 Å². The van der Waals surface area contributed by atoms with Crippen LogP contribution in [0.1, 0.15) is 22.7 Å². The van der Waals surface area contributed by atoms with Gasteiger partial charge in [-0.15, -0.1) is 0 Å². The molecule has 0 radical (unpaired) electrons. The van der Waals surface area contributed by atoms with Crippen LogP contribution >= 0.6 is 11.6 Å². The number of ether oxygens (including phenoxy) is 1. The molecule has 0 saturated carbocycles. The molecule has 0 spiro atoms. The van der Waals surface area contributed by atoms with Crippen molar-refractivity contribution >= 4 is 11.6 Å². The first-order valence-electron chi connectivity index (χ1n) is 4.74. The number of aryl methyl sites for hydroxylation is 1. The minimum absolute atomic E-state index is 0.281. The van der Waals surface area contributed by atoms with Crippen LogP contribution in [-0.4, -0.2) is 13.7 Å². The largest absolute Gasteiger partial charge is 0.491 e. The van der Waals surface area contributed by atoms with Crippen LogP contribution in [0.5, 0.6) is 5.75 Å². The van der Waals surface area contributed by atoms with E-state index in [9.17, 15) is 0 Å². The summed E-state index contributed by atoms with van der Waals surface area (Å²) >= 11 is 6.20. The van der Waals surface area contributed by atoms with Gasteiger partial charge in [-0.2, -0.15) is 0 Å². The molecule has 2 nitrogen and oxygen atoms in total. The lowest BCUT2D eigenvalue weighted by Crippen LogP contribution is -2.18. The van der Waals surface area contributed by atoms with E-state index in [1.54, 1.807) is 0 Å². The van der Waals surface area contributed by atoms with Gasteiger partial charge in [0, 0.05) is 10.6 Å². The number of fused-ring (bicyclic) bond motifs is 1. The Morgan fingerprint density at radius 3 is 2.86 bits per heavy atom. The van der Waals surface area contributed by atoms with Crippen LogP contribution in [0.4, 0.5) is 0 Å². The van der Waals surface area contributed by atoms with E-state index >= 15 is 0 Å². The summed E-state index contributed by atoms with van der Waals surface area (Å²) < 4.78 is 5.60. The molecule has 1 atom stereocenters. The van der Waals surface area contributed by atoms with E-state index in [4.69, 9.17) is 16.3 Å². The predicted octanol–water partition coefficient (Wildman–Crippen LogP) is 2.61. The second-order valence-electron chi connectivity index (χ2n) is 3.70. The van der Waals surface area contributed by atoms with Crippen molar-refractivity contribution in [3.63, 3.8) is 0 Å². The summed E-state index contributed by atoms with van der Waals surface area (Å²) in [5.74, 6) is 0.976. The van der Waals surface area contributed by atoms with E-state index < -0.39 is 0 Å². The summed E-state index contributed by atoms with van der Waals surface area (Å²) in [5, 5.41) is 4.08. The minimum atomic E-state index is 0.281. The summed E-state index contributed by atoms with van der Waals surface area (Å²) in [6.07, 6.45) is 0. The quantitative estimate of drug-likeness (QED) is 0.771. The van der Waals surface area contributed by atoms with E-state index in [2.05, 4.69) is 5.32 Å². The molecule has 3 heteroatoms. The molecule has 1 unspecified atom stereocenters. The Balaban J connectivity index is 2.60. The van der Waals surface area contributed by atoms with E-state index in [0.717, 1.165) is 21.9 Å². The average molecular weight is 212 g/mol. The van der Waals surface area contributed by atoms with Crippen molar-refractivity contribution in [3.8, 4) is 5.75 Å². The number of halogens is 1. The van der Waals surface area contributed by atoms with Crippen LogP contribution in [-0.2, 0) is 0 Å². The van der Waals surface area contributed by atoms with Gasteiger partial charge in [0.1, 0.15) is 12.4 Å². The Morgan fingerprint density at radius 1 is 1.50 bits per heavy atom. The third kappa shape index (κ3) is 1.30. The highest BCUT2D eigenvalue weighted by Gasteiger charge is 2.26. The molecule has 0 fully saturated rings. The standard InChI is InChI=1S/C11H14ClNO/c1-6-4-9-10(7(2)11(6)12)8(13-3)5-14-9/h4,8,13H,5H2,1-3H3. The van der Waals surface area contributed by atoms with E-state index in [1.165, 1.54) is 5.56 Å². The molecule has 0 aromatic heterocycles. The summed E-state index contributed by atoms with van der Waals surface area (Å²) in [6.45, 7) is 4.76. The molecule has 1 heterocycles. The molecule has 0 aliphatic carbocycles. The van der Waals surface area contributed by atoms with Crippen molar-refractivity contribution < 1.29 is 4.74 Å². The molecule has 1 N–H and O–H groups in total. The molecule has 14 heavy (non-hydrogen) atoms. The van der Waals surface area contributed by atoms with Crippen LogP contribution < -0.4 is 10.1 Å².